The number of amides is 1. The molecule has 0 N–H and O–H groups in total. The van der Waals surface area contributed by atoms with Crippen molar-refractivity contribution in [2.45, 2.75) is 39.2 Å². The normalized spacial score (nSPS) is 22.7. The van der Waals surface area contributed by atoms with E-state index in [0.717, 1.165) is 65.2 Å². The molecule has 0 aliphatic carbocycles. The molecule has 23 heavy (non-hydrogen) atoms. The van der Waals surface area contributed by atoms with E-state index in [0.29, 0.717) is 18.2 Å². The molecule has 1 aromatic rings. The summed E-state index contributed by atoms with van der Waals surface area (Å²) >= 11 is 1.92. The van der Waals surface area contributed by atoms with Gasteiger partial charge < -0.3 is 9.64 Å². The lowest BCUT2D eigenvalue weighted by Crippen LogP contribution is -2.48. The summed E-state index contributed by atoms with van der Waals surface area (Å²) < 4.78 is 5.38. The van der Waals surface area contributed by atoms with Gasteiger partial charge in [-0.25, -0.2) is 0 Å². The molecule has 2 fully saturated rings. The van der Waals surface area contributed by atoms with E-state index in [1.54, 1.807) is 0 Å². The zero-order valence-corrected chi connectivity index (χ0v) is 14.9. The van der Waals surface area contributed by atoms with Crippen LogP contribution in [0, 0.1) is 5.92 Å². The molecule has 0 spiro atoms. The number of piperazine rings is 1. The number of nitrogens with zero attached hydrogens (tertiary/aromatic N) is 2. The maximum Gasteiger partial charge on any atom is 0.222 e. The second kappa shape index (κ2) is 8.27. The van der Waals surface area contributed by atoms with Crippen molar-refractivity contribution in [2.75, 3.05) is 39.4 Å². The van der Waals surface area contributed by atoms with E-state index in [1.165, 1.54) is 9.75 Å². The minimum atomic E-state index is 0.334. The molecule has 0 bridgehead atoms. The van der Waals surface area contributed by atoms with Gasteiger partial charge in [0, 0.05) is 62.1 Å². The van der Waals surface area contributed by atoms with E-state index < -0.39 is 0 Å². The third-order valence-corrected chi connectivity index (χ3v) is 6.17. The van der Waals surface area contributed by atoms with Crippen molar-refractivity contribution in [3.63, 3.8) is 0 Å². The Labute approximate surface area is 143 Å². The Balaban J connectivity index is 1.38. The van der Waals surface area contributed by atoms with Gasteiger partial charge >= 0.3 is 0 Å². The Morgan fingerprint density at radius 3 is 2.70 bits per heavy atom. The summed E-state index contributed by atoms with van der Waals surface area (Å²) in [6.07, 6.45) is 3.94. The van der Waals surface area contributed by atoms with Crippen molar-refractivity contribution < 1.29 is 9.53 Å². The van der Waals surface area contributed by atoms with E-state index in [4.69, 9.17) is 4.74 Å². The second-order valence-corrected chi connectivity index (χ2v) is 7.90. The van der Waals surface area contributed by atoms with Gasteiger partial charge in [-0.05, 0) is 37.3 Å². The maximum absolute atomic E-state index is 12.3. The maximum atomic E-state index is 12.3. The average molecular weight is 337 g/mol. The highest BCUT2D eigenvalue weighted by molar-refractivity contribution is 7.11. The molecule has 2 aliphatic heterocycles. The van der Waals surface area contributed by atoms with Crippen LogP contribution in [-0.4, -0.2) is 55.1 Å². The fourth-order valence-electron chi connectivity index (χ4n) is 3.37. The van der Waals surface area contributed by atoms with Gasteiger partial charge in [0.25, 0.3) is 0 Å². The van der Waals surface area contributed by atoms with Crippen LogP contribution in [0.3, 0.4) is 0 Å². The third kappa shape index (κ3) is 4.78. The Kier molecular flexibility index (Phi) is 6.08. The van der Waals surface area contributed by atoms with Crippen molar-refractivity contribution in [3.8, 4) is 0 Å². The number of ether oxygens (including phenoxy) is 1. The molecule has 5 heteroatoms. The topological polar surface area (TPSA) is 32.8 Å². The first-order chi connectivity index (χ1) is 11.2. The molecule has 2 aliphatic rings. The number of thiophene rings is 1. The predicted octanol–water partition coefficient (Wildman–Crippen LogP) is 2.77. The summed E-state index contributed by atoms with van der Waals surface area (Å²) in [7, 11) is 0. The molecule has 1 atom stereocenters. The molecule has 1 aromatic heterocycles. The van der Waals surface area contributed by atoms with Gasteiger partial charge in [-0.15, -0.1) is 11.3 Å². The first kappa shape index (κ1) is 16.9. The molecule has 0 saturated carbocycles. The molecule has 0 aromatic carbocycles. The van der Waals surface area contributed by atoms with E-state index >= 15 is 0 Å². The number of carbonyl (C=O) groups is 1. The number of aryl methyl sites for hydroxylation is 1. The number of hydrogen-bond donors (Lipinski definition) is 0. The van der Waals surface area contributed by atoms with Crippen LogP contribution in [0.15, 0.2) is 12.1 Å². The Bertz CT molecular complexity index is 503. The zero-order chi connectivity index (χ0) is 16.1. The van der Waals surface area contributed by atoms with Crippen LogP contribution in [0.1, 0.15) is 35.9 Å². The van der Waals surface area contributed by atoms with Crippen molar-refractivity contribution in [1.29, 1.82) is 0 Å². The van der Waals surface area contributed by atoms with Gasteiger partial charge in [-0.2, -0.15) is 0 Å². The van der Waals surface area contributed by atoms with Crippen LogP contribution in [0.25, 0.3) is 0 Å². The Hall–Kier alpha value is -0.910. The van der Waals surface area contributed by atoms with Gasteiger partial charge in [0.1, 0.15) is 0 Å². The zero-order valence-electron chi connectivity index (χ0n) is 14.1. The molecule has 4 nitrogen and oxygen atoms in total. The minimum Gasteiger partial charge on any atom is -0.381 e. The quantitative estimate of drug-likeness (QED) is 0.801. The van der Waals surface area contributed by atoms with Crippen LogP contribution >= 0.6 is 11.3 Å². The van der Waals surface area contributed by atoms with Crippen LogP contribution in [0.5, 0.6) is 0 Å². The predicted molar refractivity (Wildman–Crippen MR) is 93.7 cm³/mol. The molecule has 1 amide bonds. The highest BCUT2D eigenvalue weighted by Crippen LogP contribution is 2.21. The fourth-order valence-corrected chi connectivity index (χ4v) is 4.37. The highest BCUT2D eigenvalue weighted by Gasteiger charge is 2.23. The minimum absolute atomic E-state index is 0.334. The first-order valence-electron chi connectivity index (χ1n) is 8.90. The largest absolute Gasteiger partial charge is 0.381 e. The number of rotatable bonds is 6. The van der Waals surface area contributed by atoms with Crippen molar-refractivity contribution in [3.05, 3.63) is 21.9 Å². The van der Waals surface area contributed by atoms with Gasteiger partial charge in [-0.3, -0.25) is 9.69 Å². The molecule has 0 radical (unpaired) electrons. The van der Waals surface area contributed by atoms with Crippen molar-refractivity contribution in [2.24, 2.45) is 5.92 Å². The van der Waals surface area contributed by atoms with Crippen LogP contribution in [0.2, 0.25) is 0 Å². The lowest BCUT2D eigenvalue weighted by Gasteiger charge is -2.34. The van der Waals surface area contributed by atoms with Gasteiger partial charge in [0.2, 0.25) is 5.91 Å². The summed E-state index contributed by atoms with van der Waals surface area (Å²) in [6, 6.07) is 4.50. The van der Waals surface area contributed by atoms with Crippen molar-refractivity contribution >= 4 is 17.2 Å². The molecule has 3 rings (SSSR count). The second-order valence-electron chi connectivity index (χ2n) is 6.65. The van der Waals surface area contributed by atoms with E-state index in [1.807, 2.05) is 11.3 Å². The summed E-state index contributed by atoms with van der Waals surface area (Å²) in [5.41, 5.74) is 0. The molecule has 128 valence electrons. The summed E-state index contributed by atoms with van der Waals surface area (Å²) in [5.74, 6) is 0.938. The Morgan fingerprint density at radius 2 is 2.04 bits per heavy atom. The SMILES string of the molecule is CCc1ccc(CN2CCN(C(=O)CCC3CCOC3)CC2)s1. The van der Waals surface area contributed by atoms with Gasteiger partial charge in [-0.1, -0.05) is 6.92 Å². The third-order valence-electron chi connectivity index (χ3n) is 4.96. The average Bonchev–Trinajstić information content (AvgIpc) is 3.25. The number of hydrogen-bond acceptors (Lipinski definition) is 4. The van der Waals surface area contributed by atoms with Gasteiger partial charge in [0.05, 0.1) is 0 Å². The summed E-state index contributed by atoms with van der Waals surface area (Å²) in [5, 5.41) is 0. The van der Waals surface area contributed by atoms with Crippen molar-refractivity contribution in [1.82, 2.24) is 9.80 Å². The smallest absolute Gasteiger partial charge is 0.222 e. The summed E-state index contributed by atoms with van der Waals surface area (Å²) in [4.78, 5) is 19.8. The lowest BCUT2D eigenvalue weighted by molar-refractivity contribution is -0.133. The molecule has 3 heterocycles. The molecular formula is C18H28N2O2S. The highest BCUT2D eigenvalue weighted by atomic mass is 32.1. The summed E-state index contributed by atoms with van der Waals surface area (Å²) in [6.45, 7) is 8.72. The van der Waals surface area contributed by atoms with Crippen LogP contribution < -0.4 is 0 Å². The molecule has 2 saturated heterocycles. The molecular weight excluding hydrogens is 308 g/mol. The standard InChI is InChI=1S/C18H28N2O2S/c1-2-16-4-5-17(23-16)13-19-8-10-20(11-9-19)18(21)6-3-15-7-12-22-14-15/h4-5,15H,2-3,6-14H2,1H3. The van der Waals surface area contributed by atoms with Crippen LogP contribution in [-0.2, 0) is 22.5 Å². The fraction of sp³-hybridized carbons (Fsp3) is 0.722. The molecule has 1 unspecified atom stereocenters. The van der Waals surface area contributed by atoms with Crippen LogP contribution in [0.4, 0.5) is 0 Å². The van der Waals surface area contributed by atoms with E-state index in [-0.39, 0.29) is 0 Å². The first-order valence-corrected chi connectivity index (χ1v) is 9.71. The monoisotopic (exact) mass is 336 g/mol. The van der Waals surface area contributed by atoms with Gasteiger partial charge in [0.15, 0.2) is 0 Å². The van der Waals surface area contributed by atoms with E-state index in [9.17, 15) is 4.79 Å². The number of carbonyl (C=O) groups excluding carboxylic acids is 1. The van der Waals surface area contributed by atoms with E-state index in [2.05, 4.69) is 28.9 Å². The Morgan fingerprint density at radius 1 is 1.26 bits per heavy atom. The lowest BCUT2D eigenvalue weighted by atomic mass is 10.0.